The molecule has 0 aliphatic rings. The maximum Gasteiger partial charge on any atom is 0.0336 e. The summed E-state index contributed by atoms with van der Waals surface area (Å²) in [6, 6.07) is 4.51. The van der Waals surface area contributed by atoms with Gasteiger partial charge in [-0.2, -0.15) is 0 Å². The molecule has 20 heavy (non-hydrogen) atoms. The van der Waals surface area contributed by atoms with Crippen molar-refractivity contribution < 1.29 is 0 Å². The second-order valence-corrected chi connectivity index (χ2v) is 7.99. The molecular formula is C17H30N2S. The molecule has 0 unspecified atom stereocenters. The van der Waals surface area contributed by atoms with Crippen LogP contribution in [0.5, 0.6) is 0 Å². The van der Waals surface area contributed by atoms with Crippen LogP contribution in [0.3, 0.4) is 0 Å². The van der Waals surface area contributed by atoms with Crippen LogP contribution in [-0.2, 0) is 13.1 Å². The summed E-state index contributed by atoms with van der Waals surface area (Å²) >= 11 is 1.92. The molecule has 0 atom stereocenters. The molecule has 114 valence electrons. The Morgan fingerprint density at radius 3 is 2.50 bits per heavy atom. The van der Waals surface area contributed by atoms with E-state index in [4.69, 9.17) is 0 Å². The van der Waals surface area contributed by atoms with E-state index in [2.05, 4.69) is 63.5 Å². The van der Waals surface area contributed by atoms with Crippen molar-refractivity contribution in [3.05, 3.63) is 34.5 Å². The van der Waals surface area contributed by atoms with Gasteiger partial charge in [0.2, 0.25) is 0 Å². The number of nitrogens with zero attached hydrogens (tertiary/aromatic N) is 1. The molecule has 0 bridgehead atoms. The van der Waals surface area contributed by atoms with Crippen molar-refractivity contribution in [3.63, 3.8) is 0 Å². The zero-order valence-electron chi connectivity index (χ0n) is 13.7. The van der Waals surface area contributed by atoms with E-state index < -0.39 is 0 Å². The summed E-state index contributed by atoms with van der Waals surface area (Å²) in [5.74, 6) is 0.707. The molecule has 0 radical (unpaired) electrons. The van der Waals surface area contributed by atoms with Crippen LogP contribution in [0, 0.1) is 5.92 Å². The fourth-order valence-electron chi connectivity index (χ4n) is 2.01. The Morgan fingerprint density at radius 2 is 1.95 bits per heavy atom. The fourth-order valence-corrected chi connectivity index (χ4v) is 3.01. The van der Waals surface area contributed by atoms with E-state index >= 15 is 0 Å². The van der Waals surface area contributed by atoms with Gasteiger partial charge in [-0.3, -0.25) is 4.90 Å². The Hall–Kier alpha value is -0.640. The standard InChI is InChI=1S/C17H30N2S/c1-7-10-19(17(4,5)6)13-16-9-8-15(20-16)12-18-11-14(2)3/h7-9,14,18H,1,10-13H2,2-6H3. The molecular weight excluding hydrogens is 264 g/mol. The van der Waals surface area contributed by atoms with Gasteiger partial charge in [0.25, 0.3) is 0 Å². The largest absolute Gasteiger partial charge is 0.312 e. The molecule has 1 N–H and O–H groups in total. The summed E-state index contributed by atoms with van der Waals surface area (Å²) in [5, 5.41) is 3.50. The van der Waals surface area contributed by atoms with Gasteiger partial charge in [-0.25, -0.2) is 0 Å². The molecule has 0 saturated heterocycles. The van der Waals surface area contributed by atoms with Gasteiger partial charge in [-0.15, -0.1) is 17.9 Å². The maximum atomic E-state index is 3.87. The first-order valence-electron chi connectivity index (χ1n) is 7.47. The molecule has 1 rings (SSSR count). The average molecular weight is 295 g/mol. The minimum Gasteiger partial charge on any atom is -0.312 e. The predicted molar refractivity (Wildman–Crippen MR) is 91.2 cm³/mol. The third-order valence-electron chi connectivity index (χ3n) is 3.21. The van der Waals surface area contributed by atoms with E-state index in [-0.39, 0.29) is 5.54 Å². The van der Waals surface area contributed by atoms with Gasteiger partial charge in [0.15, 0.2) is 0 Å². The first-order chi connectivity index (χ1) is 9.32. The lowest BCUT2D eigenvalue weighted by Gasteiger charge is -2.34. The zero-order chi connectivity index (χ0) is 15.2. The van der Waals surface area contributed by atoms with Crippen LogP contribution in [0.15, 0.2) is 24.8 Å². The second-order valence-electron chi connectivity index (χ2n) is 6.73. The lowest BCUT2D eigenvalue weighted by molar-refractivity contribution is 0.147. The smallest absolute Gasteiger partial charge is 0.0336 e. The van der Waals surface area contributed by atoms with Crippen LogP contribution in [0.2, 0.25) is 0 Å². The molecule has 0 saturated carbocycles. The van der Waals surface area contributed by atoms with Crippen LogP contribution in [0.25, 0.3) is 0 Å². The first kappa shape index (κ1) is 17.4. The van der Waals surface area contributed by atoms with Gasteiger partial charge in [0, 0.05) is 34.9 Å². The molecule has 2 nitrogen and oxygen atoms in total. The highest BCUT2D eigenvalue weighted by atomic mass is 32.1. The summed E-state index contributed by atoms with van der Waals surface area (Å²) in [6.45, 7) is 19.1. The van der Waals surface area contributed by atoms with Gasteiger partial charge in [0.05, 0.1) is 0 Å². The Labute approximate surface area is 128 Å². The van der Waals surface area contributed by atoms with Crippen LogP contribution < -0.4 is 5.32 Å². The van der Waals surface area contributed by atoms with Crippen LogP contribution in [-0.4, -0.2) is 23.5 Å². The van der Waals surface area contributed by atoms with Crippen molar-refractivity contribution in [1.82, 2.24) is 10.2 Å². The molecule has 0 aliphatic carbocycles. The van der Waals surface area contributed by atoms with Gasteiger partial charge >= 0.3 is 0 Å². The van der Waals surface area contributed by atoms with Gasteiger partial charge < -0.3 is 5.32 Å². The Bertz CT molecular complexity index is 401. The lowest BCUT2D eigenvalue weighted by atomic mass is 10.1. The molecule has 1 heterocycles. The lowest BCUT2D eigenvalue weighted by Crippen LogP contribution is -2.40. The SMILES string of the molecule is C=CCN(Cc1ccc(CNCC(C)C)s1)C(C)(C)C. The monoisotopic (exact) mass is 294 g/mol. The molecule has 0 amide bonds. The molecule has 1 aromatic heterocycles. The highest BCUT2D eigenvalue weighted by Crippen LogP contribution is 2.22. The van der Waals surface area contributed by atoms with Crippen LogP contribution >= 0.6 is 11.3 Å². The minimum atomic E-state index is 0.175. The summed E-state index contributed by atoms with van der Waals surface area (Å²) < 4.78 is 0. The molecule has 3 heteroatoms. The fraction of sp³-hybridized carbons (Fsp3) is 0.647. The Kier molecular flexibility index (Phi) is 6.93. The molecule has 0 aromatic carbocycles. The van der Waals surface area contributed by atoms with E-state index in [1.54, 1.807) is 0 Å². The third-order valence-corrected chi connectivity index (χ3v) is 4.28. The quantitative estimate of drug-likeness (QED) is 0.720. The number of hydrogen-bond donors (Lipinski definition) is 1. The van der Waals surface area contributed by atoms with E-state index in [0.29, 0.717) is 5.92 Å². The number of nitrogens with one attached hydrogen (secondary N) is 1. The average Bonchev–Trinajstić information content (AvgIpc) is 2.74. The van der Waals surface area contributed by atoms with Crippen molar-refractivity contribution in [2.24, 2.45) is 5.92 Å². The maximum absolute atomic E-state index is 3.87. The van der Waals surface area contributed by atoms with Crippen molar-refractivity contribution >= 4 is 11.3 Å². The van der Waals surface area contributed by atoms with Gasteiger partial charge in [0.1, 0.15) is 0 Å². The number of rotatable bonds is 8. The number of thiophene rings is 1. The van der Waals surface area contributed by atoms with Crippen LogP contribution in [0.4, 0.5) is 0 Å². The first-order valence-corrected chi connectivity index (χ1v) is 8.29. The van der Waals surface area contributed by atoms with Gasteiger partial charge in [-0.1, -0.05) is 19.9 Å². The van der Waals surface area contributed by atoms with E-state index in [1.165, 1.54) is 9.75 Å². The molecule has 0 spiro atoms. The third kappa shape index (κ3) is 6.21. The second kappa shape index (κ2) is 7.96. The Morgan fingerprint density at radius 1 is 1.30 bits per heavy atom. The van der Waals surface area contributed by atoms with E-state index in [0.717, 1.165) is 26.2 Å². The van der Waals surface area contributed by atoms with Crippen molar-refractivity contribution in [3.8, 4) is 0 Å². The summed E-state index contributed by atoms with van der Waals surface area (Å²) in [7, 11) is 0. The predicted octanol–water partition coefficient (Wildman–Crippen LogP) is 4.28. The summed E-state index contributed by atoms with van der Waals surface area (Å²) in [6.07, 6.45) is 1.99. The normalized spacial score (nSPS) is 12.3. The van der Waals surface area contributed by atoms with E-state index in [9.17, 15) is 0 Å². The molecule has 0 aliphatic heterocycles. The topological polar surface area (TPSA) is 15.3 Å². The molecule has 1 aromatic rings. The van der Waals surface area contributed by atoms with Crippen LogP contribution in [0.1, 0.15) is 44.4 Å². The minimum absolute atomic E-state index is 0.175. The summed E-state index contributed by atoms with van der Waals surface area (Å²) in [4.78, 5) is 5.31. The Balaban J connectivity index is 2.55. The highest BCUT2D eigenvalue weighted by Gasteiger charge is 2.20. The number of hydrogen-bond acceptors (Lipinski definition) is 3. The molecule has 0 fully saturated rings. The zero-order valence-corrected chi connectivity index (χ0v) is 14.5. The summed E-state index contributed by atoms with van der Waals surface area (Å²) in [5.41, 5.74) is 0.175. The van der Waals surface area contributed by atoms with E-state index in [1.807, 2.05) is 17.4 Å². The van der Waals surface area contributed by atoms with Crippen molar-refractivity contribution in [2.75, 3.05) is 13.1 Å². The van der Waals surface area contributed by atoms with Gasteiger partial charge in [-0.05, 0) is 45.4 Å². The van der Waals surface area contributed by atoms with Crippen molar-refractivity contribution in [2.45, 2.75) is 53.2 Å². The highest BCUT2D eigenvalue weighted by molar-refractivity contribution is 7.11. The van der Waals surface area contributed by atoms with Crippen molar-refractivity contribution in [1.29, 1.82) is 0 Å².